The Kier molecular flexibility index (Phi) is 27.6. The van der Waals surface area contributed by atoms with Gasteiger partial charge in [0.2, 0.25) is 0 Å². The van der Waals surface area contributed by atoms with E-state index < -0.39 is 48.8 Å². The topological polar surface area (TPSA) is 179 Å². The lowest BCUT2D eigenvalue weighted by Gasteiger charge is -2.39. The Morgan fingerprint density at radius 1 is 0.310 bits per heavy atom. The van der Waals surface area contributed by atoms with Crippen LogP contribution in [0.5, 0.6) is 0 Å². The number of unbranched alkanes of at least 4 members (excludes halogenated alkanes) is 2. The maximum atomic E-state index is 14.2. The molecule has 0 aliphatic heterocycles. The molecule has 0 amide bonds. The largest absolute Gasteiger partial charge is 0.460 e. The van der Waals surface area contributed by atoms with Crippen LogP contribution >= 0.6 is 0 Å². The third kappa shape index (κ3) is 18.7. The fourth-order valence-electron chi connectivity index (χ4n) is 5.74. The second-order valence-corrected chi connectivity index (χ2v) is 13.9. The van der Waals surface area contributed by atoms with E-state index in [4.69, 9.17) is 28.7 Å². The third-order valence-electron chi connectivity index (χ3n) is 9.33. The van der Waals surface area contributed by atoms with Crippen LogP contribution in [0.1, 0.15) is 25.7 Å². The Bertz CT molecular complexity index is 1030. The van der Waals surface area contributed by atoms with E-state index in [1.807, 2.05) is 4.90 Å². The molecular weight excluding hydrogens is 811 g/mol. The smallest absolute Gasteiger partial charge is 0.330 e. The highest BCUT2D eigenvalue weighted by Crippen LogP contribution is 2.60. The van der Waals surface area contributed by atoms with Gasteiger partial charge in [0.05, 0.1) is 0 Å². The predicted octanol–water partition coefficient (Wildman–Crippen LogP) is 1.06. The van der Waals surface area contributed by atoms with Gasteiger partial charge in [0.1, 0.15) is 0 Å². The van der Waals surface area contributed by atoms with Crippen molar-refractivity contribution >= 4 is 0 Å². The number of halogens is 13. The summed E-state index contributed by atoms with van der Waals surface area (Å²) in [6.07, 6.45) is -7.14. The van der Waals surface area contributed by atoms with Crippen molar-refractivity contribution in [2.75, 3.05) is 151 Å². The van der Waals surface area contributed by atoms with E-state index in [1.165, 1.54) is 0 Å². The average Bonchev–Trinajstić information content (AvgIpc) is 3.14. The molecule has 0 fully saturated rings. The van der Waals surface area contributed by atoms with E-state index in [-0.39, 0.29) is 19.6 Å². The van der Waals surface area contributed by atoms with Crippen molar-refractivity contribution in [3.8, 4) is 0 Å². The highest BCUT2D eigenvalue weighted by Gasteiger charge is 2.90. The van der Waals surface area contributed by atoms with Gasteiger partial charge >= 0.3 is 35.8 Å². The van der Waals surface area contributed by atoms with Gasteiger partial charge in [0.25, 0.3) is 0 Å². The lowest BCUT2D eigenvalue weighted by atomic mass is 9.92. The fourth-order valence-corrected chi connectivity index (χ4v) is 5.74. The summed E-state index contributed by atoms with van der Waals surface area (Å²) in [5.74, 6) is -36.8. The van der Waals surface area contributed by atoms with Gasteiger partial charge in [-0.3, -0.25) is 14.7 Å². The molecular formula is C33H67F13N12. The van der Waals surface area contributed by atoms with Crippen molar-refractivity contribution in [1.29, 1.82) is 0 Å². The molecule has 0 rings (SSSR count). The standard InChI is InChI=1S/C33H67F13N12/c34-28(35,29(36,37)30(38,39)31(40,41)32(42,43)33(44,45)46)4-10-52-12-21-57(19-9-51)26-24-55(16-3-1-2-5-47)25-27-58(22-13-53-11-6-48)23-15-54-14-20-56(17-7-49)18-8-50/h52-54H,1-27,47-51H2. The SMILES string of the molecule is NCCCCCN(CCN(CCN)CCNCCC(F)(F)C(F)(F)C(F)(F)C(F)(F)C(F)(F)C(F)(F)F)CCN(CCNCCN)CCNCCN(CCN)CCN. The van der Waals surface area contributed by atoms with Crippen LogP contribution in [0, 0.1) is 0 Å². The Hall–Kier alpha value is -1.39. The summed E-state index contributed by atoms with van der Waals surface area (Å²) in [7, 11) is 0. The number of hydrogen-bond donors (Lipinski definition) is 8. The van der Waals surface area contributed by atoms with E-state index >= 15 is 0 Å². The normalized spacial score (nSPS) is 14.0. The zero-order valence-corrected chi connectivity index (χ0v) is 33.2. The minimum absolute atomic E-state index is 0.0881. The first-order valence-electron chi connectivity index (χ1n) is 19.5. The molecule has 0 saturated carbocycles. The molecule has 12 nitrogen and oxygen atoms in total. The van der Waals surface area contributed by atoms with Crippen LogP contribution in [-0.4, -0.2) is 206 Å². The van der Waals surface area contributed by atoms with Crippen LogP contribution in [0.15, 0.2) is 0 Å². The Balaban J connectivity index is 5.41. The zero-order chi connectivity index (χ0) is 44.5. The van der Waals surface area contributed by atoms with Crippen LogP contribution in [0.3, 0.4) is 0 Å². The summed E-state index contributed by atoms with van der Waals surface area (Å²) < 4.78 is 175. The molecule has 0 aromatic rings. The number of nitrogens with two attached hydrogens (primary N) is 5. The molecule has 0 radical (unpaired) electrons. The summed E-state index contributed by atoms with van der Waals surface area (Å²) in [5, 5.41) is 9.03. The van der Waals surface area contributed by atoms with Gasteiger partial charge in [-0.25, -0.2) is 0 Å². The highest BCUT2D eigenvalue weighted by molar-refractivity contribution is 5.10. The van der Waals surface area contributed by atoms with Gasteiger partial charge in [0, 0.05) is 144 Å². The summed E-state index contributed by atoms with van der Waals surface area (Å²) in [5.41, 5.74) is 28.4. The van der Waals surface area contributed by atoms with Crippen LogP contribution in [0.25, 0.3) is 0 Å². The van der Waals surface area contributed by atoms with Crippen molar-refractivity contribution < 1.29 is 57.1 Å². The van der Waals surface area contributed by atoms with E-state index in [0.717, 1.165) is 78.2 Å². The fraction of sp³-hybridized carbons (Fsp3) is 1.00. The maximum absolute atomic E-state index is 14.2. The first-order valence-corrected chi connectivity index (χ1v) is 19.5. The predicted molar refractivity (Wildman–Crippen MR) is 199 cm³/mol. The zero-order valence-electron chi connectivity index (χ0n) is 33.2. The van der Waals surface area contributed by atoms with Crippen LogP contribution in [-0.2, 0) is 0 Å². The summed E-state index contributed by atoms with van der Waals surface area (Å²) in [4.78, 5) is 8.55. The van der Waals surface area contributed by atoms with Gasteiger partial charge in [-0.05, 0) is 25.9 Å². The molecule has 0 saturated heterocycles. The molecule has 13 N–H and O–H groups in total. The highest BCUT2D eigenvalue weighted by atomic mass is 19.4. The van der Waals surface area contributed by atoms with E-state index in [9.17, 15) is 57.1 Å². The van der Waals surface area contributed by atoms with Gasteiger partial charge in [-0.15, -0.1) is 0 Å². The number of nitrogens with one attached hydrogen (secondary N) is 3. The van der Waals surface area contributed by atoms with Crippen molar-refractivity contribution in [2.45, 2.75) is 61.5 Å². The molecule has 0 spiro atoms. The summed E-state index contributed by atoms with van der Waals surface area (Å²) in [6.45, 7) is 11.0. The van der Waals surface area contributed by atoms with Crippen molar-refractivity contribution in [3.63, 3.8) is 0 Å². The monoisotopic (exact) mass is 879 g/mol. The van der Waals surface area contributed by atoms with Crippen molar-refractivity contribution in [2.24, 2.45) is 28.7 Å². The van der Waals surface area contributed by atoms with Gasteiger partial charge in [-0.2, -0.15) is 57.1 Å². The molecule has 0 heterocycles. The van der Waals surface area contributed by atoms with Gasteiger partial charge in [-0.1, -0.05) is 6.42 Å². The number of rotatable bonds is 38. The Labute approximate surface area is 333 Å². The first-order chi connectivity index (χ1) is 27.0. The van der Waals surface area contributed by atoms with Gasteiger partial charge < -0.3 is 49.5 Å². The Morgan fingerprint density at radius 3 is 1.07 bits per heavy atom. The van der Waals surface area contributed by atoms with Gasteiger partial charge in [0.15, 0.2) is 0 Å². The average molecular weight is 879 g/mol. The number of hydrogen-bond acceptors (Lipinski definition) is 12. The van der Waals surface area contributed by atoms with E-state index in [0.29, 0.717) is 65.4 Å². The minimum atomic E-state index is -7.91. The van der Waals surface area contributed by atoms with Crippen molar-refractivity contribution in [3.05, 3.63) is 0 Å². The molecule has 0 bridgehead atoms. The summed E-state index contributed by atoms with van der Waals surface area (Å²) >= 11 is 0. The van der Waals surface area contributed by atoms with Crippen LogP contribution < -0.4 is 44.6 Å². The quantitative estimate of drug-likeness (QED) is 0.0328. The molecule has 58 heavy (non-hydrogen) atoms. The number of alkyl halides is 13. The second kappa shape index (κ2) is 28.3. The molecule has 0 aromatic heterocycles. The van der Waals surface area contributed by atoms with E-state index in [1.54, 1.807) is 0 Å². The molecule has 0 aliphatic rings. The number of nitrogens with zero attached hydrogens (tertiary/aromatic N) is 4. The lowest BCUT2D eigenvalue weighted by molar-refractivity contribution is -0.440. The van der Waals surface area contributed by atoms with E-state index in [2.05, 4.69) is 30.7 Å². The molecule has 0 aliphatic carbocycles. The van der Waals surface area contributed by atoms with Crippen molar-refractivity contribution in [1.82, 2.24) is 35.6 Å². The molecule has 0 atom stereocenters. The lowest BCUT2D eigenvalue weighted by Crippen LogP contribution is -2.70. The first kappa shape index (κ1) is 56.6. The molecule has 25 heteroatoms. The second-order valence-electron chi connectivity index (χ2n) is 13.9. The molecule has 350 valence electrons. The molecule has 0 aromatic carbocycles. The molecule has 0 unspecified atom stereocenters. The minimum Gasteiger partial charge on any atom is -0.330 e. The third-order valence-corrected chi connectivity index (χ3v) is 9.33. The Morgan fingerprint density at radius 2 is 0.672 bits per heavy atom. The maximum Gasteiger partial charge on any atom is 0.460 e. The summed E-state index contributed by atoms with van der Waals surface area (Å²) in [6, 6.07) is 0. The van der Waals surface area contributed by atoms with Crippen LogP contribution in [0.4, 0.5) is 57.1 Å². The van der Waals surface area contributed by atoms with Crippen LogP contribution in [0.2, 0.25) is 0 Å².